The smallest absolute Gasteiger partial charge is 0.226 e. The molecule has 0 atom stereocenters. The number of aromatic nitrogens is 4. The van der Waals surface area contributed by atoms with E-state index in [1.54, 1.807) is 6.26 Å². The molecule has 8 nitrogen and oxygen atoms in total. The lowest BCUT2D eigenvalue weighted by Crippen LogP contribution is -2.38. The van der Waals surface area contributed by atoms with E-state index in [0.717, 1.165) is 41.7 Å². The average Bonchev–Trinajstić information content (AvgIpc) is 3.40. The van der Waals surface area contributed by atoms with E-state index in [2.05, 4.69) is 37.7 Å². The van der Waals surface area contributed by atoms with E-state index in [1.807, 2.05) is 60.0 Å². The van der Waals surface area contributed by atoms with E-state index in [0.29, 0.717) is 19.0 Å². The number of aryl methyl sites for hydroxylation is 1. The third kappa shape index (κ3) is 4.65. The van der Waals surface area contributed by atoms with Crippen LogP contribution >= 0.6 is 0 Å². The van der Waals surface area contributed by atoms with Gasteiger partial charge in [0.25, 0.3) is 0 Å². The lowest BCUT2D eigenvalue weighted by Gasteiger charge is -2.10. The SMILES string of the molecule is CCNC(=NCc1coc(-c2ccc(C)cc2)n1)NCCc1nnc2ccccn12. The Morgan fingerprint density at radius 1 is 1.10 bits per heavy atom. The molecule has 0 saturated heterocycles. The summed E-state index contributed by atoms with van der Waals surface area (Å²) >= 11 is 0. The standard InChI is InChI=1S/C22H25N7O/c1-3-23-22(24-12-11-20-28-27-19-6-4-5-13-29(19)20)25-14-18-15-30-21(26-18)17-9-7-16(2)8-10-17/h4-10,13,15H,3,11-12,14H2,1-2H3,(H2,23,24,25). The van der Waals surface area contributed by atoms with Gasteiger partial charge in [-0.15, -0.1) is 10.2 Å². The molecular weight excluding hydrogens is 378 g/mol. The van der Waals surface area contributed by atoms with Crippen LogP contribution in [0.25, 0.3) is 17.1 Å². The molecule has 0 aliphatic carbocycles. The van der Waals surface area contributed by atoms with Crippen LogP contribution < -0.4 is 10.6 Å². The molecule has 0 radical (unpaired) electrons. The molecule has 0 bridgehead atoms. The fourth-order valence-corrected chi connectivity index (χ4v) is 3.06. The van der Waals surface area contributed by atoms with Crippen molar-refractivity contribution >= 4 is 11.6 Å². The Kier molecular flexibility index (Phi) is 6.03. The molecule has 0 fully saturated rings. The van der Waals surface area contributed by atoms with Crippen molar-refractivity contribution in [2.75, 3.05) is 13.1 Å². The van der Waals surface area contributed by atoms with Crippen LogP contribution in [-0.4, -0.2) is 38.6 Å². The van der Waals surface area contributed by atoms with Gasteiger partial charge in [0.2, 0.25) is 5.89 Å². The van der Waals surface area contributed by atoms with Gasteiger partial charge in [-0.25, -0.2) is 9.98 Å². The first-order valence-electron chi connectivity index (χ1n) is 10.0. The topological polar surface area (TPSA) is 92.6 Å². The molecular formula is C22H25N7O. The van der Waals surface area contributed by atoms with E-state index in [4.69, 9.17) is 4.42 Å². The Balaban J connectivity index is 1.36. The molecule has 8 heteroatoms. The van der Waals surface area contributed by atoms with E-state index in [9.17, 15) is 0 Å². The van der Waals surface area contributed by atoms with Crippen molar-refractivity contribution in [1.29, 1.82) is 0 Å². The Bertz CT molecular complexity index is 1130. The second-order valence-electron chi connectivity index (χ2n) is 6.93. The molecule has 30 heavy (non-hydrogen) atoms. The highest BCUT2D eigenvalue weighted by Crippen LogP contribution is 2.19. The van der Waals surface area contributed by atoms with Crippen molar-refractivity contribution in [3.8, 4) is 11.5 Å². The molecule has 0 aliphatic rings. The predicted octanol–water partition coefficient (Wildman–Crippen LogP) is 2.99. The van der Waals surface area contributed by atoms with Gasteiger partial charge < -0.3 is 15.1 Å². The highest BCUT2D eigenvalue weighted by atomic mass is 16.3. The number of guanidine groups is 1. The number of aliphatic imine (C=N–C) groups is 1. The van der Waals surface area contributed by atoms with Crippen LogP contribution in [0.5, 0.6) is 0 Å². The van der Waals surface area contributed by atoms with Gasteiger partial charge in [-0.3, -0.25) is 4.40 Å². The highest BCUT2D eigenvalue weighted by Gasteiger charge is 2.08. The molecule has 154 valence electrons. The monoisotopic (exact) mass is 403 g/mol. The van der Waals surface area contributed by atoms with Crippen molar-refractivity contribution in [2.24, 2.45) is 4.99 Å². The summed E-state index contributed by atoms with van der Waals surface area (Å²) in [5, 5.41) is 15.0. The van der Waals surface area contributed by atoms with Gasteiger partial charge in [0.15, 0.2) is 11.6 Å². The zero-order chi connectivity index (χ0) is 20.8. The Labute approximate surface area is 175 Å². The molecule has 3 aromatic heterocycles. The van der Waals surface area contributed by atoms with Crippen LogP contribution in [0.1, 0.15) is 24.0 Å². The molecule has 0 spiro atoms. The lowest BCUT2D eigenvalue weighted by molar-refractivity contribution is 0.572. The molecule has 2 N–H and O–H groups in total. The summed E-state index contributed by atoms with van der Waals surface area (Å²) < 4.78 is 7.61. The van der Waals surface area contributed by atoms with Crippen molar-refractivity contribution in [3.63, 3.8) is 0 Å². The van der Waals surface area contributed by atoms with Gasteiger partial charge in [-0.1, -0.05) is 23.8 Å². The number of fused-ring (bicyclic) bond motifs is 1. The second-order valence-corrected chi connectivity index (χ2v) is 6.93. The molecule has 4 aromatic rings. The summed E-state index contributed by atoms with van der Waals surface area (Å²) in [5.41, 5.74) is 3.80. The Morgan fingerprint density at radius 3 is 2.80 bits per heavy atom. The van der Waals surface area contributed by atoms with Crippen molar-refractivity contribution < 1.29 is 4.42 Å². The first kappa shape index (κ1) is 19.6. The third-order valence-electron chi connectivity index (χ3n) is 4.62. The van der Waals surface area contributed by atoms with Crippen LogP contribution in [0.2, 0.25) is 0 Å². The molecule has 0 unspecified atom stereocenters. The van der Waals surface area contributed by atoms with Crippen LogP contribution in [-0.2, 0) is 13.0 Å². The molecule has 1 aromatic carbocycles. The number of benzene rings is 1. The molecule has 4 rings (SSSR count). The van der Waals surface area contributed by atoms with Crippen LogP contribution in [0.4, 0.5) is 0 Å². The minimum Gasteiger partial charge on any atom is -0.444 e. The quantitative estimate of drug-likeness (QED) is 0.364. The van der Waals surface area contributed by atoms with E-state index in [-0.39, 0.29) is 0 Å². The van der Waals surface area contributed by atoms with Crippen molar-refractivity contribution in [3.05, 3.63) is 72.0 Å². The molecule has 0 aliphatic heterocycles. The maximum absolute atomic E-state index is 5.61. The van der Waals surface area contributed by atoms with E-state index in [1.165, 1.54) is 5.56 Å². The Hall–Kier alpha value is -3.68. The largest absolute Gasteiger partial charge is 0.444 e. The first-order chi connectivity index (χ1) is 14.7. The minimum absolute atomic E-state index is 0.429. The fraction of sp³-hybridized carbons (Fsp3) is 0.273. The summed E-state index contributed by atoms with van der Waals surface area (Å²) in [6.45, 7) is 5.98. The fourth-order valence-electron chi connectivity index (χ4n) is 3.06. The predicted molar refractivity (Wildman–Crippen MR) is 116 cm³/mol. The second kappa shape index (κ2) is 9.21. The van der Waals surface area contributed by atoms with E-state index >= 15 is 0 Å². The van der Waals surface area contributed by atoms with Gasteiger partial charge in [-0.05, 0) is 38.1 Å². The molecule has 0 saturated carbocycles. The molecule has 3 heterocycles. The maximum atomic E-state index is 5.61. The average molecular weight is 403 g/mol. The summed E-state index contributed by atoms with van der Waals surface area (Å²) in [7, 11) is 0. The van der Waals surface area contributed by atoms with Gasteiger partial charge in [0, 0.05) is 31.3 Å². The summed E-state index contributed by atoms with van der Waals surface area (Å²) in [6, 6.07) is 14.0. The normalized spacial score (nSPS) is 11.7. The number of hydrogen-bond acceptors (Lipinski definition) is 5. The van der Waals surface area contributed by atoms with Crippen molar-refractivity contribution in [1.82, 2.24) is 30.2 Å². The highest BCUT2D eigenvalue weighted by molar-refractivity contribution is 5.79. The van der Waals surface area contributed by atoms with Crippen LogP contribution in [0.3, 0.4) is 0 Å². The van der Waals surface area contributed by atoms with Gasteiger partial charge >= 0.3 is 0 Å². The number of oxazole rings is 1. The van der Waals surface area contributed by atoms with Crippen molar-refractivity contribution in [2.45, 2.75) is 26.8 Å². The number of hydrogen-bond donors (Lipinski definition) is 2. The number of nitrogens with one attached hydrogen (secondary N) is 2. The van der Waals surface area contributed by atoms with E-state index < -0.39 is 0 Å². The zero-order valence-corrected chi connectivity index (χ0v) is 17.2. The number of pyridine rings is 1. The third-order valence-corrected chi connectivity index (χ3v) is 4.62. The van der Waals surface area contributed by atoms with Crippen LogP contribution in [0.15, 0.2) is 64.3 Å². The minimum atomic E-state index is 0.429. The van der Waals surface area contributed by atoms with Gasteiger partial charge in [-0.2, -0.15) is 0 Å². The van der Waals surface area contributed by atoms with Crippen LogP contribution in [0, 0.1) is 6.92 Å². The lowest BCUT2D eigenvalue weighted by atomic mass is 10.1. The first-order valence-corrected chi connectivity index (χ1v) is 10.0. The summed E-state index contributed by atoms with van der Waals surface area (Å²) in [5.74, 6) is 2.25. The van der Waals surface area contributed by atoms with Gasteiger partial charge in [0.1, 0.15) is 17.8 Å². The molecule has 0 amide bonds. The summed E-state index contributed by atoms with van der Waals surface area (Å²) in [4.78, 5) is 9.16. The Morgan fingerprint density at radius 2 is 1.97 bits per heavy atom. The zero-order valence-electron chi connectivity index (χ0n) is 17.2. The maximum Gasteiger partial charge on any atom is 0.226 e. The number of rotatable bonds is 7. The summed E-state index contributed by atoms with van der Waals surface area (Å²) in [6.07, 6.45) is 4.36. The number of nitrogens with zero attached hydrogens (tertiary/aromatic N) is 5. The van der Waals surface area contributed by atoms with Gasteiger partial charge in [0.05, 0.1) is 6.54 Å².